The molecule has 0 fully saturated rings. The molecule has 0 saturated carbocycles. The van der Waals surface area contributed by atoms with Crippen LogP contribution in [0.15, 0.2) is 91.0 Å². The Bertz CT molecular complexity index is 1850. The number of hydrogen-bond donors (Lipinski definition) is 2. The molecule has 278 valence electrons. The van der Waals surface area contributed by atoms with Gasteiger partial charge in [0.15, 0.2) is 0 Å². The second kappa shape index (κ2) is 17.9. The van der Waals surface area contributed by atoms with Gasteiger partial charge in [0.1, 0.15) is 42.5 Å². The lowest BCUT2D eigenvalue weighted by Crippen LogP contribution is -2.37. The van der Waals surface area contributed by atoms with Gasteiger partial charge >= 0.3 is 0 Å². The standard InChI is InChI=1S/C42H47N3O8/c1-43-40(48)17-10-32(27-46)45-26-31-24-35(14-16-36(31)42(45)49)52-23-22-50-20-18-44(2)19-21-51-34-12-8-30(9-13-34)41-37-15-11-33(47)25-39(37)53-28-38(41)29-6-4-3-5-7-29/h3-9,11-16,24-25,27,32,38,41,47H,10,17-23,26,28H2,1-2H3,(H,43,48)/t32?,38-,41-/m1/s1. The minimum Gasteiger partial charge on any atom is -0.508 e. The van der Waals surface area contributed by atoms with Crippen molar-refractivity contribution in [2.45, 2.75) is 37.3 Å². The fourth-order valence-corrected chi connectivity index (χ4v) is 6.92. The number of carbonyl (C=O) groups is 3. The monoisotopic (exact) mass is 721 g/mol. The van der Waals surface area contributed by atoms with Crippen LogP contribution in [0.2, 0.25) is 0 Å². The van der Waals surface area contributed by atoms with Crippen molar-refractivity contribution in [3.05, 3.63) is 119 Å². The Morgan fingerprint density at radius 3 is 2.47 bits per heavy atom. The number of phenols is 1. The zero-order chi connectivity index (χ0) is 37.2. The maximum absolute atomic E-state index is 12.9. The van der Waals surface area contributed by atoms with E-state index in [0.29, 0.717) is 50.9 Å². The van der Waals surface area contributed by atoms with Crippen LogP contribution in [0.5, 0.6) is 23.0 Å². The van der Waals surface area contributed by atoms with Gasteiger partial charge in [-0.1, -0.05) is 48.5 Å². The summed E-state index contributed by atoms with van der Waals surface area (Å²) in [6, 6.07) is 28.7. The molecule has 3 atom stereocenters. The van der Waals surface area contributed by atoms with Crippen LogP contribution in [0.25, 0.3) is 0 Å². The van der Waals surface area contributed by atoms with Crippen molar-refractivity contribution in [3.63, 3.8) is 0 Å². The Labute approximate surface area is 310 Å². The molecule has 0 aliphatic carbocycles. The van der Waals surface area contributed by atoms with Gasteiger partial charge in [-0.25, -0.2) is 0 Å². The summed E-state index contributed by atoms with van der Waals surface area (Å²) in [6.07, 6.45) is 1.18. The van der Waals surface area contributed by atoms with Crippen LogP contribution in [-0.2, 0) is 20.9 Å². The third-order valence-corrected chi connectivity index (χ3v) is 9.89. The van der Waals surface area contributed by atoms with Crippen LogP contribution in [-0.4, -0.2) is 99.3 Å². The maximum atomic E-state index is 12.9. The van der Waals surface area contributed by atoms with E-state index in [1.165, 1.54) is 10.5 Å². The molecule has 53 heavy (non-hydrogen) atoms. The number of aromatic hydroxyl groups is 1. The second-order valence-corrected chi connectivity index (χ2v) is 13.4. The zero-order valence-corrected chi connectivity index (χ0v) is 30.2. The summed E-state index contributed by atoms with van der Waals surface area (Å²) >= 11 is 0. The van der Waals surface area contributed by atoms with E-state index in [1.54, 1.807) is 31.3 Å². The van der Waals surface area contributed by atoms with Crippen LogP contribution in [0, 0.1) is 0 Å². The summed E-state index contributed by atoms with van der Waals surface area (Å²) in [6.45, 7) is 4.13. The van der Waals surface area contributed by atoms with Crippen LogP contribution < -0.4 is 19.5 Å². The second-order valence-electron chi connectivity index (χ2n) is 13.4. The first-order valence-electron chi connectivity index (χ1n) is 18.1. The highest BCUT2D eigenvalue weighted by atomic mass is 16.5. The number of rotatable bonds is 18. The van der Waals surface area contributed by atoms with Gasteiger partial charge in [-0.2, -0.15) is 0 Å². The van der Waals surface area contributed by atoms with Crippen LogP contribution in [0.3, 0.4) is 0 Å². The quantitative estimate of drug-likeness (QED) is 0.106. The number of benzene rings is 4. The summed E-state index contributed by atoms with van der Waals surface area (Å²) in [5.74, 6) is 2.18. The first-order chi connectivity index (χ1) is 25.8. The fourth-order valence-electron chi connectivity index (χ4n) is 6.92. The Hall–Kier alpha value is -5.39. The molecule has 11 nitrogen and oxygen atoms in total. The Morgan fingerprint density at radius 1 is 0.943 bits per heavy atom. The summed E-state index contributed by atoms with van der Waals surface area (Å²) < 4.78 is 23.9. The number of nitrogens with one attached hydrogen (secondary N) is 1. The molecule has 0 saturated heterocycles. The molecule has 2 aliphatic rings. The lowest BCUT2D eigenvalue weighted by molar-refractivity contribution is -0.121. The number of likely N-dealkylation sites (N-methyl/N-ethyl adjacent to an activating group) is 1. The van der Waals surface area contributed by atoms with Crippen LogP contribution in [0.4, 0.5) is 0 Å². The van der Waals surface area contributed by atoms with Gasteiger partial charge in [0, 0.05) is 62.1 Å². The highest BCUT2D eigenvalue weighted by Gasteiger charge is 2.34. The minimum atomic E-state index is -0.658. The molecule has 0 spiro atoms. The predicted molar refractivity (Wildman–Crippen MR) is 200 cm³/mol. The smallest absolute Gasteiger partial charge is 0.255 e. The number of phenolic OH excluding ortho intramolecular Hbond substituents is 1. The van der Waals surface area contributed by atoms with E-state index in [9.17, 15) is 19.5 Å². The molecule has 2 heterocycles. The van der Waals surface area contributed by atoms with Gasteiger partial charge in [-0.15, -0.1) is 0 Å². The van der Waals surface area contributed by atoms with Gasteiger partial charge in [0.2, 0.25) is 5.91 Å². The van der Waals surface area contributed by atoms with Crippen molar-refractivity contribution < 1.29 is 38.4 Å². The summed E-state index contributed by atoms with van der Waals surface area (Å²) in [5.41, 5.74) is 4.77. The molecule has 2 amide bonds. The molecular formula is C42H47N3O8. The number of amides is 2. The number of fused-ring (bicyclic) bond motifs is 2. The van der Waals surface area contributed by atoms with Gasteiger partial charge in [-0.05, 0) is 66.6 Å². The molecule has 4 aromatic rings. The van der Waals surface area contributed by atoms with Crippen molar-refractivity contribution in [1.29, 1.82) is 0 Å². The van der Waals surface area contributed by atoms with E-state index in [0.717, 1.165) is 47.6 Å². The molecule has 0 aromatic heterocycles. The molecular weight excluding hydrogens is 674 g/mol. The van der Waals surface area contributed by atoms with Gasteiger partial charge in [0.25, 0.3) is 5.91 Å². The number of carbonyl (C=O) groups excluding carboxylic acids is 3. The summed E-state index contributed by atoms with van der Waals surface area (Å²) in [4.78, 5) is 39.9. The van der Waals surface area contributed by atoms with Crippen LogP contribution >= 0.6 is 0 Å². The van der Waals surface area contributed by atoms with Crippen molar-refractivity contribution in [2.24, 2.45) is 0 Å². The summed E-state index contributed by atoms with van der Waals surface area (Å²) in [5, 5.41) is 12.6. The molecule has 2 aliphatic heterocycles. The molecule has 0 bridgehead atoms. The average molecular weight is 722 g/mol. The average Bonchev–Trinajstić information content (AvgIpc) is 3.51. The number of ether oxygens (including phenoxy) is 4. The molecule has 2 N–H and O–H groups in total. The topological polar surface area (TPSA) is 127 Å². The number of hydrogen-bond acceptors (Lipinski definition) is 9. The zero-order valence-electron chi connectivity index (χ0n) is 30.2. The lowest BCUT2D eigenvalue weighted by Gasteiger charge is -2.34. The van der Waals surface area contributed by atoms with Crippen molar-refractivity contribution in [3.8, 4) is 23.0 Å². The van der Waals surface area contributed by atoms with Crippen molar-refractivity contribution >= 4 is 18.1 Å². The van der Waals surface area contributed by atoms with E-state index in [1.807, 2.05) is 37.4 Å². The summed E-state index contributed by atoms with van der Waals surface area (Å²) in [7, 11) is 3.57. The third-order valence-electron chi connectivity index (χ3n) is 9.89. The Morgan fingerprint density at radius 2 is 1.70 bits per heavy atom. The largest absolute Gasteiger partial charge is 0.508 e. The third kappa shape index (κ3) is 9.35. The Balaban J connectivity index is 0.902. The molecule has 4 aromatic carbocycles. The number of aldehydes is 1. The first-order valence-corrected chi connectivity index (χ1v) is 18.1. The highest BCUT2D eigenvalue weighted by Crippen LogP contribution is 2.47. The van der Waals surface area contributed by atoms with E-state index < -0.39 is 6.04 Å². The van der Waals surface area contributed by atoms with Crippen LogP contribution in [0.1, 0.15) is 57.3 Å². The lowest BCUT2D eigenvalue weighted by atomic mass is 9.76. The van der Waals surface area contributed by atoms with Gasteiger partial charge < -0.3 is 44.0 Å². The molecule has 6 rings (SSSR count). The first kappa shape index (κ1) is 37.4. The molecule has 0 radical (unpaired) electrons. The van der Waals surface area contributed by atoms with Gasteiger partial charge in [0.05, 0.1) is 25.9 Å². The SMILES string of the molecule is CNC(=O)CCC(C=O)N1Cc2cc(OCCOCCN(C)CCOc3ccc([C@@H]4c5ccc(O)cc5OC[C@@H]4c4ccccc4)cc3)ccc2C1=O. The predicted octanol–water partition coefficient (Wildman–Crippen LogP) is 5.16. The van der Waals surface area contributed by atoms with Gasteiger partial charge in [-0.3, -0.25) is 9.59 Å². The maximum Gasteiger partial charge on any atom is 0.255 e. The number of nitrogens with zero attached hydrogens (tertiary/aromatic N) is 2. The van der Waals surface area contributed by atoms with E-state index >= 15 is 0 Å². The van der Waals surface area contributed by atoms with E-state index in [-0.39, 0.29) is 42.2 Å². The van der Waals surface area contributed by atoms with E-state index in [2.05, 4.69) is 46.6 Å². The molecule has 11 heteroatoms. The fraction of sp³-hybridized carbons (Fsp3) is 0.357. The van der Waals surface area contributed by atoms with Crippen molar-refractivity contribution in [1.82, 2.24) is 15.1 Å². The van der Waals surface area contributed by atoms with Crippen molar-refractivity contribution in [2.75, 3.05) is 60.2 Å². The minimum absolute atomic E-state index is 0.0767. The van der Waals surface area contributed by atoms with E-state index in [4.69, 9.17) is 18.9 Å². The highest BCUT2D eigenvalue weighted by molar-refractivity contribution is 6.00. The normalized spacial score (nSPS) is 16.7. The molecule has 1 unspecified atom stereocenters. The Kier molecular flexibility index (Phi) is 12.6.